The highest BCUT2D eigenvalue weighted by Gasteiger charge is 2.04. The molecule has 1 N–H and O–H groups in total. The van der Waals surface area contributed by atoms with Gasteiger partial charge in [0.15, 0.2) is 0 Å². The molecule has 3 rings (SSSR count). The number of aromatic nitrogens is 1. The van der Waals surface area contributed by atoms with E-state index in [9.17, 15) is 14.0 Å². The summed E-state index contributed by atoms with van der Waals surface area (Å²) in [4.78, 5) is 23.5. The van der Waals surface area contributed by atoms with E-state index in [0.717, 1.165) is 5.56 Å². The summed E-state index contributed by atoms with van der Waals surface area (Å²) in [6.45, 7) is 0.322. The average molecular weight is 352 g/mol. The number of benzene rings is 2. The molecule has 1 aromatic heterocycles. The standard InChI is InChI=1S/C20H17FN2O3/c21-16-6-10-18(11-7-16)26-17-8-4-15(5-9-17)13-22-19(24)14-23-12-2-1-3-20(23)25/h1-12H,13-14H2,(H,22,24). The van der Waals surface area contributed by atoms with Gasteiger partial charge in [-0.2, -0.15) is 0 Å². The maximum atomic E-state index is 12.9. The molecule has 0 bridgehead atoms. The van der Waals surface area contributed by atoms with Gasteiger partial charge in [0.2, 0.25) is 5.91 Å². The van der Waals surface area contributed by atoms with Gasteiger partial charge in [-0.1, -0.05) is 18.2 Å². The molecule has 2 aromatic carbocycles. The predicted molar refractivity (Wildman–Crippen MR) is 95.5 cm³/mol. The molecule has 1 heterocycles. The van der Waals surface area contributed by atoms with Crippen LogP contribution in [0.2, 0.25) is 0 Å². The minimum absolute atomic E-state index is 0.0224. The van der Waals surface area contributed by atoms with E-state index in [2.05, 4.69) is 5.32 Å². The number of ether oxygens (including phenoxy) is 1. The molecule has 0 fully saturated rings. The third kappa shape index (κ3) is 4.80. The second kappa shape index (κ2) is 8.11. The topological polar surface area (TPSA) is 60.3 Å². The van der Waals surface area contributed by atoms with Crippen molar-refractivity contribution in [3.8, 4) is 11.5 Å². The van der Waals surface area contributed by atoms with Gasteiger partial charge in [0.25, 0.3) is 5.56 Å². The summed E-state index contributed by atoms with van der Waals surface area (Å²) in [6, 6.07) is 17.7. The van der Waals surface area contributed by atoms with Crippen molar-refractivity contribution in [1.29, 1.82) is 0 Å². The quantitative estimate of drug-likeness (QED) is 0.742. The number of pyridine rings is 1. The number of nitrogens with zero attached hydrogens (tertiary/aromatic N) is 1. The van der Waals surface area contributed by atoms with Crippen LogP contribution < -0.4 is 15.6 Å². The van der Waals surface area contributed by atoms with Crippen molar-refractivity contribution >= 4 is 5.91 Å². The number of carbonyl (C=O) groups is 1. The first-order chi connectivity index (χ1) is 12.6. The number of carbonyl (C=O) groups excluding carboxylic acids is 1. The van der Waals surface area contributed by atoms with Crippen molar-refractivity contribution in [3.63, 3.8) is 0 Å². The van der Waals surface area contributed by atoms with E-state index >= 15 is 0 Å². The molecule has 0 atom stereocenters. The Morgan fingerprint density at radius 2 is 1.62 bits per heavy atom. The van der Waals surface area contributed by atoms with Crippen LogP contribution in [0.5, 0.6) is 11.5 Å². The third-order valence-electron chi connectivity index (χ3n) is 3.68. The first-order valence-electron chi connectivity index (χ1n) is 8.05. The molecule has 1 amide bonds. The fourth-order valence-corrected chi connectivity index (χ4v) is 2.32. The lowest BCUT2D eigenvalue weighted by Crippen LogP contribution is -2.31. The van der Waals surface area contributed by atoms with Crippen LogP contribution in [-0.4, -0.2) is 10.5 Å². The van der Waals surface area contributed by atoms with Gasteiger partial charge in [0.1, 0.15) is 23.9 Å². The molecular weight excluding hydrogens is 335 g/mol. The Bertz CT molecular complexity index is 934. The van der Waals surface area contributed by atoms with Gasteiger partial charge < -0.3 is 14.6 Å². The molecule has 6 heteroatoms. The number of amides is 1. The van der Waals surface area contributed by atoms with E-state index in [0.29, 0.717) is 18.0 Å². The molecule has 0 radical (unpaired) electrons. The molecule has 132 valence electrons. The SMILES string of the molecule is O=C(Cn1ccccc1=O)NCc1ccc(Oc2ccc(F)cc2)cc1. The van der Waals surface area contributed by atoms with Gasteiger partial charge in [0, 0.05) is 18.8 Å². The summed E-state index contributed by atoms with van der Waals surface area (Å²) in [5.74, 6) is 0.592. The molecular formula is C20H17FN2O3. The summed E-state index contributed by atoms with van der Waals surface area (Å²) in [6.07, 6.45) is 1.57. The fraction of sp³-hybridized carbons (Fsp3) is 0.100. The zero-order valence-corrected chi connectivity index (χ0v) is 13.9. The smallest absolute Gasteiger partial charge is 0.250 e. The van der Waals surface area contributed by atoms with Crippen molar-refractivity contribution < 1.29 is 13.9 Å². The van der Waals surface area contributed by atoms with Gasteiger partial charge >= 0.3 is 0 Å². The van der Waals surface area contributed by atoms with Crippen molar-refractivity contribution in [2.24, 2.45) is 0 Å². The van der Waals surface area contributed by atoms with Crippen molar-refractivity contribution in [2.45, 2.75) is 13.1 Å². The predicted octanol–water partition coefficient (Wildman–Crippen LogP) is 3.10. The van der Waals surface area contributed by atoms with Crippen LogP contribution in [0.4, 0.5) is 4.39 Å². The van der Waals surface area contributed by atoms with Crippen LogP contribution in [-0.2, 0) is 17.9 Å². The lowest BCUT2D eigenvalue weighted by atomic mass is 10.2. The Balaban J connectivity index is 1.52. The van der Waals surface area contributed by atoms with E-state index < -0.39 is 0 Å². The van der Waals surface area contributed by atoms with E-state index in [4.69, 9.17) is 4.74 Å². The number of hydrogen-bond donors (Lipinski definition) is 1. The number of rotatable bonds is 6. The number of nitrogens with one attached hydrogen (secondary N) is 1. The minimum atomic E-state index is -0.318. The third-order valence-corrected chi connectivity index (χ3v) is 3.68. The highest BCUT2D eigenvalue weighted by molar-refractivity contribution is 5.75. The largest absolute Gasteiger partial charge is 0.457 e. The number of hydrogen-bond acceptors (Lipinski definition) is 3. The Morgan fingerprint density at radius 1 is 0.962 bits per heavy atom. The van der Waals surface area contributed by atoms with Crippen molar-refractivity contribution in [3.05, 3.63) is 94.7 Å². The highest BCUT2D eigenvalue weighted by Crippen LogP contribution is 2.21. The zero-order chi connectivity index (χ0) is 18.4. The molecule has 0 aliphatic heterocycles. The normalized spacial score (nSPS) is 10.3. The summed E-state index contributed by atoms with van der Waals surface area (Å²) < 4.78 is 19.8. The molecule has 3 aromatic rings. The van der Waals surface area contributed by atoms with E-state index in [-0.39, 0.29) is 23.8 Å². The van der Waals surface area contributed by atoms with Gasteiger partial charge in [-0.15, -0.1) is 0 Å². The zero-order valence-electron chi connectivity index (χ0n) is 13.9. The molecule has 0 unspecified atom stereocenters. The molecule has 5 nitrogen and oxygen atoms in total. The Kier molecular flexibility index (Phi) is 5.43. The van der Waals surface area contributed by atoms with E-state index in [1.807, 2.05) is 12.1 Å². The van der Waals surface area contributed by atoms with Gasteiger partial charge in [-0.25, -0.2) is 4.39 Å². The van der Waals surface area contributed by atoms with Crippen LogP contribution in [0.15, 0.2) is 77.7 Å². The Morgan fingerprint density at radius 3 is 2.27 bits per heavy atom. The van der Waals surface area contributed by atoms with Gasteiger partial charge in [-0.05, 0) is 48.0 Å². The van der Waals surface area contributed by atoms with Gasteiger partial charge in [-0.3, -0.25) is 9.59 Å². The van der Waals surface area contributed by atoms with E-state index in [1.54, 1.807) is 42.6 Å². The number of halogens is 1. The molecule has 26 heavy (non-hydrogen) atoms. The summed E-state index contributed by atoms with van der Waals surface area (Å²) >= 11 is 0. The maximum absolute atomic E-state index is 12.9. The second-order valence-corrected chi connectivity index (χ2v) is 5.64. The lowest BCUT2D eigenvalue weighted by Gasteiger charge is -2.09. The molecule has 0 saturated heterocycles. The van der Waals surface area contributed by atoms with Crippen LogP contribution in [0.25, 0.3) is 0 Å². The lowest BCUT2D eigenvalue weighted by molar-refractivity contribution is -0.121. The summed E-state index contributed by atoms with van der Waals surface area (Å²) in [5, 5.41) is 2.77. The fourth-order valence-electron chi connectivity index (χ4n) is 2.32. The van der Waals surface area contributed by atoms with Gasteiger partial charge in [0.05, 0.1) is 0 Å². The van der Waals surface area contributed by atoms with Crippen LogP contribution in [0.3, 0.4) is 0 Å². The summed E-state index contributed by atoms with van der Waals surface area (Å²) in [7, 11) is 0. The maximum Gasteiger partial charge on any atom is 0.250 e. The van der Waals surface area contributed by atoms with E-state index in [1.165, 1.54) is 22.8 Å². The Labute approximate surface area is 149 Å². The molecule has 0 aliphatic carbocycles. The van der Waals surface area contributed by atoms with Crippen LogP contribution in [0, 0.1) is 5.82 Å². The monoisotopic (exact) mass is 352 g/mol. The highest BCUT2D eigenvalue weighted by atomic mass is 19.1. The average Bonchev–Trinajstić information content (AvgIpc) is 2.65. The summed E-state index contributed by atoms with van der Waals surface area (Å²) in [5.41, 5.74) is 0.676. The first-order valence-corrected chi connectivity index (χ1v) is 8.05. The minimum Gasteiger partial charge on any atom is -0.457 e. The Hall–Kier alpha value is -3.41. The first kappa shape index (κ1) is 17.4. The van der Waals surface area contributed by atoms with Crippen molar-refractivity contribution in [2.75, 3.05) is 0 Å². The van der Waals surface area contributed by atoms with Crippen molar-refractivity contribution in [1.82, 2.24) is 9.88 Å². The molecule has 0 saturated carbocycles. The van der Waals surface area contributed by atoms with Crippen LogP contribution in [0.1, 0.15) is 5.56 Å². The van der Waals surface area contributed by atoms with Crippen LogP contribution >= 0.6 is 0 Å². The molecule has 0 spiro atoms. The second-order valence-electron chi connectivity index (χ2n) is 5.64. The molecule has 0 aliphatic rings.